The van der Waals surface area contributed by atoms with Gasteiger partial charge in [0.05, 0.1) is 11.4 Å². The van der Waals surface area contributed by atoms with E-state index in [1.165, 1.54) is 12.1 Å². The number of carbonyl (C=O) groups excluding carboxylic acids is 1. The smallest absolute Gasteiger partial charge is 0.300 e. The summed E-state index contributed by atoms with van der Waals surface area (Å²) in [6.45, 7) is 0. The number of carbonyl (C=O) groups is 1. The van der Waals surface area contributed by atoms with E-state index in [1.54, 1.807) is 12.1 Å². The molecule has 0 spiro atoms. The van der Waals surface area contributed by atoms with Crippen molar-refractivity contribution in [2.75, 3.05) is 11.1 Å². The number of halogens is 1. The van der Waals surface area contributed by atoms with Crippen LogP contribution in [-0.2, 0) is 4.79 Å². The van der Waals surface area contributed by atoms with E-state index in [2.05, 4.69) is 17.2 Å². The van der Waals surface area contributed by atoms with Crippen molar-refractivity contribution in [2.45, 2.75) is 0 Å². The standard InChI is InChI=1S/C15H11FN2O/c16-12-7-8-13(17)14(10-12)18-15(19)9-6-11-4-2-1-3-5-11/h1-5,7-8,10H,17H2,(H,18,19). The van der Waals surface area contributed by atoms with E-state index in [4.69, 9.17) is 5.73 Å². The van der Waals surface area contributed by atoms with Gasteiger partial charge in [-0.2, -0.15) is 0 Å². The molecule has 0 fully saturated rings. The minimum absolute atomic E-state index is 0.215. The van der Waals surface area contributed by atoms with Crippen LogP contribution in [0.2, 0.25) is 0 Å². The van der Waals surface area contributed by atoms with Crippen molar-refractivity contribution in [2.24, 2.45) is 0 Å². The van der Waals surface area contributed by atoms with Crippen molar-refractivity contribution < 1.29 is 9.18 Å². The summed E-state index contributed by atoms with van der Waals surface area (Å²) in [6, 6.07) is 12.8. The fourth-order valence-corrected chi connectivity index (χ4v) is 1.44. The molecule has 0 bridgehead atoms. The predicted octanol–water partition coefficient (Wildman–Crippen LogP) is 2.40. The predicted molar refractivity (Wildman–Crippen MR) is 72.8 cm³/mol. The molecule has 3 nitrogen and oxygen atoms in total. The summed E-state index contributed by atoms with van der Waals surface area (Å²) in [7, 11) is 0. The van der Waals surface area contributed by atoms with Gasteiger partial charge >= 0.3 is 5.91 Å². The van der Waals surface area contributed by atoms with Crippen LogP contribution in [0.3, 0.4) is 0 Å². The number of hydrogen-bond donors (Lipinski definition) is 2. The van der Waals surface area contributed by atoms with Gasteiger partial charge in [0.1, 0.15) is 5.82 Å². The number of nitrogen functional groups attached to an aromatic ring is 1. The molecule has 0 radical (unpaired) electrons. The number of nitrogens with one attached hydrogen (secondary N) is 1. The Bertz CT molecular complexity index is 657. The third-order valence-corrected chi connectivity index (χ3v) is 2.36. The quantitative estimate of drug-likeness (QED) is 0.606. The van der Waals surface area contributed by atoms with Crippen LogP contribution in [0.5, 0.6) is 0 Å². The van der Waals surface area contributed by atoms with E-state index in [1.807, 2.05) is 18.2 Å². The van der Waals surface area contributed by atoms with E-state index < -0.39 is 11.7 Å². The van der Waals surface area contributed by atoms with Gasteiger partial charge in [-0.3, -0.25) is 4.79 Å². The molecule has 0 aliphatic heterocycles. The molecular formula is C15H11FN2O. The molecule has 0 unspecified atom stereocenters. The average Bonchev–Trinajstić information content (AvgIpc) is 2.42. The highest BCUT2D eigenvalue weighted by Crippen LogP contribution is 2.18. The highest BCUT2D eigenvalue weighted by molar-refractivity contribution is 6.05. The number of benzene rings is 2. The van der Waals surface area contributed by atoms with Gasteiger partial charge in [0.2, 0.25) is 0 Å². The Morgan fingerprint density at radius 2 is 1.89 bits per heavy atom. The van der Waals surface area contributed by atoms with Crippen molar-refractivity contribution in [3.63, 3.8) is 0 Å². The van der Waals surface area contributed by atoms with Crippen LogP contribution in [0, 0.1) is 17.7 Å². The van der Waals surface area contributed by atoms with Crippen LogP contribution < -0.4 is 11.1 Å². The molecule has 4 heteroatoms. The first-order valence-electron chi connectivity index (χ1n) is 5.58. The van der Waals surface area contributed by atoms with Gasteiger partial charge < -0.3 is 11.1 Å². The summed E-state index contributed by atoms with van der Waals surface area (Å²) in [5, 5.41) is 2.44. The van der Waals surface area contributed by atoms with Crippen molar-refractivity contribution >= 4 is 17.3 Å². The fourth-order valence-electron chi connectivity index (χ4n) is 1.44. The second-order valence-corrected chi connectivity index (χ2v) is 3.80. The van der Waals surface area contributed by atoms with Gasteiger partial charge in [0.15, 0.2) is 0 Å². The lowest BCUT2D eigenvalue weighted by molar-refractivity contribution is -0.111. The van der Waals surface area contributed by atoms with Crippen LogP contribution in [-0.4, -0.2) is 5.91 Å². The summed E-state index contributed by atoms with van der Waals surface area (Å²) >= 11 is 0. The zero-order chi connectivity index (χ0) is 13.7. The zero-order valence-electron chi connectivity index (χ0n) is 9.98. The second-order valence-electron chi connectivity index (χ2n) is 3.80. The van der Waals surface area contributed by atoms with Gasteiger partial charge in [-0.05, 0) is 30.3 Å². The van der Waals surface area contributed by atoms with Gasteiger partial charge in [0, 0.05) is 11.5 Å². The third-order valence-electron chi connectivity index (χ3n) is 2.36. The molecule has 19 heavy (non-hydrogen) atoms. The molecule has 0 heterocycles. The molecule has 2 aromatic carbocycles. The van der Waals surface area contributed by atoms with Gasteiger partial charge in [-0.15, -0.1) is 0 Å². The molecule has 0 aromatic heterocycles. The minimum atomic E-state index is -0.541. The number of rotatable bonds is 1. The topological polar surface area (TPSA) is 55.1 Å². The largest absolute Gasteiger partial charge is 0.397 e. The molecule has 0 aliphatic carbocycles. The van der Waals surface area contributed by atoms with Crippen molar-refractivity contribution in [3.8, 4) is 11.8 Å². The molecule has 0 saturated heterocycles. The van der Waals surface area contributed by atoms with E-state index in [9.17, 15) is 9.18 Å². The Labute approximate surface area is 110 Å². The normalized spacial score (nSPS) is 9.32. The highest BCUT2D eigenvalue weighted by atomic mass is 19.1. The Balaban J connectivity index is 2.10. The molecule has 0 atom stereocenters. The monoisotopic (exact) mass is 254 g/mol. The van der Waals surface area contributed by atoms with E-state index in [0.717, 1.165) is 11.6 Å². The lowest BCUT2D eigenvalue weighted by Gasteiger charge is -2.04. The number of nitrogens with two attached hydrogens (primary N) is 1. The summed E-state index contributed by atoms with van der Waals surface area (Å²) in [4.78, 5) is 11.6. The SMILES string of the molecule is Nc1ccc(F)cc1NC(=O)C#Cc1ccccc1. The number of hydrogen-bond acceptors (Lipinski definition) is 2. The zero-order valence-corrected chi connectivity index (χ0v) is 9.98. The van der Waals surface area contributed by atoms with Gasteiger partial charge in [0.25, 0.3) is 0 Å². The number of amides is 1. The molecule has 2 rings (SSSR count). The molecule has 0 saturated carbocycles. The molecule has 94 valence electrons. The molecule has 2 aromatic rings. The van der Waals surface area contributed by atoms with E-state index in [0.29, 0.717) is 0 Å². The van der Waals surface area contributed by atoms with Crippen LogP contribution in [0.1, 0.15) is 5.56 Å². The lowest BCUT2D eigenvalue weighted by Crippen LogP contribution is -2.10. The first-order valence-corrected chi connectivity index (χ1v) is 5.58. The van der Waals surface area contributed by atoms with Crippen molar-refractivity contribution in [1.29, 1.82) is 0 Å². The second kappa shape index (κ2) is 5.69. The Hall–Kier alpha value is -2.80. The maximum absolute atomic E-state index is 13.0. The fraction of sp³-hybridized carbons (Fsp3) is 0. The van der Waals surface area contributed by atoms with Crippen LogP contribution in [0.4, 0.5) is 15.8 Å². The van der Waals surface area contributed by atoms with Crippen molar-refractivity contribution in [1.82, 2.24) is 0 Å². The molecular weight excluding hydrogens is 243 g/mol. The van der Waals surface area contributed by atoms with Gasteiger partial charge in [-0.1, -0.05) is 24.1 Å². The summed E-state index contributed by atoms with van der Waals surface area (Å²) < 4.78 is 13.0. The Morgan fingerprint density at radius 1 is 1.16 bits per heavy atom. The van der Waals surface area contributed by atoms with Gasteiger partial charge in [-0.25, -0.2) is 4.39 Å². The van der Waals surface area contributed by atoms with Crippen LogP contribution in [0.25, 0.3) is 0 Å². The third kappa shape index (κ3) is 3.58. The van der Waals surface area contributed by atoms with Crippen molar-refractivity contribution in [3.05, 3.63) is 59.9 Å². The summed E-state index contributed by atoms with van der Waals surface area (Å²) in [6.07, 6.45) is 0. The molecule has 0 aliphatic rings. The van der Waals surface area contributed by atoms with Crippen LogP contribution >= 0.6 is 0 Å². The summed E-state index contributed by atoms with van der Waals surface area (Å²) in [5.41, 5.74) is 6.85. The van der Waals surface area contributed by atoms with E-state index >= 15 is 0 Å². The highest BCUT2D eigenvalue weighted by Gasteiger charge is 2.03. The minimum Gasteiger partial charge on any atom is -0.397 e. The number of anilines is 2. The Morgan fingerprint density at radius 3 is 2.63 bits per heavy atom. The molecule has 3 N–H and O–H groups in total. The Kier molecular flexibility index (Phi) is 3.79. The summed E-state index contributed by atoms with van der Waals surface area (Å²) in [5.74, 6) is 4.11. The van der Waals surface area contributed by atoms with E-state index in [-0.39, 0.29) is 11.4 Å². The maximum Gasteiger partial charge on any atom is 0.300 e. The first-order chi connectivity index (χ1) is 9.15. The average molecular weight is 254 g/mol. The first kappa shape index (κ1) is 12.7. The molecule has 1 amide bonds. The maximum atomic E-state index is 13.0. The van der Waals surface area contributed by atoms with Crippen LogP contribution in [0.15, 0.2) is 48.5 Å². The lowest BCUT2D eigenvalue weighted by atomic mass is 10.2.